The largest absolute Gasteiger partial charge is 0.381 e. The van der Waals surface area contributed by atoms with E-state index in [9.17, 15) is 4.79 Å². The van der Waals surface area contributed by atoms with Gasteiger partial charge in [-0.25, -0.2) is 0 Å². The van der Waals surface area contributed by atoms with Crippen LogP contribution in [0.25, 0.3) is 0 Å². The molecule has 2 atom stereocenters. The van der Waals surface area contributed by atoms with Gasteiger partial charge in [0.1, 0.15) is 0 Å². The van der Waals surface area contributed by atoms with Gasteiger partial charge in [0.2, 0.25) is 5.91 Å². The second kappa shape index (κ2) is 10.1. The molecule has 0 aromatic rings. The van der Waals surface area contributed by atoms with Gasteiger partial charge in [0, 0.05) is 51.2 Å². The van der Waals surface area contributed by atoms with Crippen LogP contribution in [0.3, 0.4) is 0 Å². The first-order chi connectivity index (χ1) is 12.1. The van der Waals surface area contributed by atoms with Crippen molar-refractivity contribution in [1.29, 1.82) is 0 Å². The number of carbonyl (C=O) groups is 1. The smallest absolute Gasteiger partial charge is 0.224 e. The van der Waals surface area contributed by atoms with Crippen LogP contribution in [0.1, 0.15) is 46.0 Å². The first-order valence-electron chi connectivity index (χ1n) is 10.0. The lowest BCUT2D eigenvalue weighted by molar-refractivity contribution is -0.132. The highest BCUT2D eigenvalue weighted by atomic mass is 127. The van der Waals surface area contributed by atoms with Crippen molar-refractivity contribution in [3.63, 3.8) is 0 Å². The van der Waals surface area contributed by atoms with Crippen LogP contribution in [0.5, 0.6) is 0 Å². The summed E-state index contributed by atoms with van der Waals surface area (Å²) in [6, 6.07) is 0. The highest BCUT2D eigenvalue weighted by Gasteiger charge is 2.42. The number of carbonyl (C=O) groups excluding carboxylic acids is 1. The molecule has 6 nitrogen and oxygen atoms in total. The third kappa shape index (κ3) is 5.47. The number of halogens is 1. The summed E-state index contributed by atoms with van der Waals surface area (Å²) in [5.41, 5.74) is 0.329. The summed E-state index contributed by atoms with van der Waals surface area (Å²) in [4.78, 5) is 21.5. The monoisotopic (exact) mass is 478 g/mol. The zero-order valence-electron chi connectivity index (χ0n) is 16.3. The molecule has 0 aromatic carbocycles. The first kappa shape index (κ1) is 21.7. The van der Waals surface area contributed by atoms with Gasteiger partial charge in [0.15, 0.2) is 5.96 Å². The number of likely N-dealkylation sites (tertiary alicyclic amines) is 2. The molecule has 0 radical (unpaired) electrons. The van der Waals surface area contributed by atoms with Crippen molar-refractivity contribution in [3.8, 4) is 0 Å². The number of ether oxygens (including phenoxy) is 1. The molecular weight excluding hydrogens is 443 g/mol. The molecule has 7 heteroatoms. The van der Waals surface area contributed by atoms with E-state index in [1.807, 2.05) is 4.90 Å². The van der Waals surface area contributed by atoms with E-state index >= 15 is 0 Å². The Kier molecular flexibility index (Phi) is 8.44. The van der Waals surface area contributed by atoms with Gasteiger partial charge in [-0.05, 0) is 38.5 Å². The van der Waals surface area contributed by atoms with Gasteiger partial charge >= 0.3 is 0 Å². The van der Waals surface area contributed by atoms with E-state index in [0.717, 1.165) is 64.7 Å². The number of nitrogens with zero attached hydrogens (tertiary/aromatic N) is 3. The van der Waals surface area contributed by atoms with Crippen molar-refractivity contribution in [1.82, 2.24) is 15.1 Å². The summed E-state index contributed by atoms with van der Waals surface area (Å²) in [5.74, 6) is 1.85. The van der Waals surface area contributed by atoms with Crippen molar-refractivity contribution in [3.05, 3.63) is 0 Å². The number of rotatable bonds is 4. The third-order valence-electron chi connectivity index (χ3n) is 5.85. The quantitative estimate of drug-likeness (QED) is 0.383. The Morgan fingerprint density at radius 3 is 2.85 bits per heavy atom. The molecule has 3 saturated heterocycles. The fourth-order valence-corrected chi connectivity index (χ4v) is 4.34. The normalized spacial score (nSPS) is 29.2. The summed E-state index contributed by atoms with van der Waals surface area (Å²) >= 11 is 0. The summed E-state index contributed by atoms with van der Waals surface area (Å²) in [6.45, 7) is 11.4. The first-order valence-corrected chi connectivity index (χ1v) is 10.0. The number of piperidine rings is 1. The van der Waals surface area contributed by atoms with E-state index < -0.39 is 0 Å². The van der Waals surface area contributed by atoms with E-state index in [-0.39, 0.29) is 29.9 Å². The Morgan fingerprint density at radius 2 is 2.15 bits per heavy atom. The lowest BCUT2D eigenvalue weighted by atomic mass is 9.87. The van der Waals surface area contributed by atoms with Crippen LogP contribution in [-0.2, 0) is 9.53 Å². The third-order valence-corrected chi connectivity index (χ3v) is 5.85. The number of guanidine groups is 1. The summed E-state index contributed by atoms with van der Waals surface area (Å²) < 4.78 is 5.62. The molecule has 26 heavy (non-hydrogen) atoms. The molecule has 150 valence electrons. The summed E-state index contributed by atoms with van der Waals surface area (Å²) in [5, 5.41) is 3.40. The molecule has 0 bridgehead atoms. The standard InChI is InChI=1S/C19H34N4O2.HI/c1-3-20-18(23-11-7-19(14-23)8-12-25-15-19)21-9-6-17(24)22-10-4-5-16(2)13-22;/h16H,3-15H2,1-2H3,(H,20,21);1H. The van der Waals surface area contributed by atoms with Crippen molar-refractivity contribution in [2.75, 3.05) is 52.5 Å². The van der Waals surface area contributed by atoms with E-state index in [1.165, 1.54) is 12.8 Å². The lowest BCUT2D eigenvalue weighted by Gasteiger charge is -2.31. The predicted molar refractivity (Wildman–Crippen MR) is 115 cm³/mol. The van der Waals surface area contributed by atoms with Crippen LogP contribution in [-0.4, -0.2) is 74.1 Å². The molecule has 3 rings (SSSR count). The van der Waals surface area contributed by atoms with E-state index in [1.54, 1.807) is 0 Å². The van der Waals surface area contributed by atoms with Crippen molar-refractivity contribution in [2.45, 2.75) is 46.0 Å². The fourth-order valence-electron chi connectivity index (χ4n) is 4.34. The Balaban J connectivity index is 0.00000243. The Bertz CT molecular complexity index is 494. The molecule has 0 saturated carbocycles. The minimum Gasteiger partial charge on any atom is -0.381 e. The van der Waals surface area contributed by atoms with Crippen molar-refractivity contribution < 1.29 is 9.53 Å². The summed E-state index contributed by atoms with van der Waals surface area (Å²) in [6.07, 6.45) is 5.24. The van der Waals surface area contributed by atoms with Gasteiger partial charge < -0.3 is 19.9 Å². The minimum atomic E-state index is 0. The number of hydrogen-bond donors (Lipinski definition) is 1. The number of hydrogen-bond acceptors (Lipinski definition) is 3. The molecule has 3 aliphatic heterocycles. The van der Waals surface area contributed by atoms with Crippen LogP contribution in [0, 0.1) is 11.3 Å². The summed E-state index contributed by atoms with van der Waals surface area (Å²) in [7, 11) is 0. The maximum Gasteiger partial charge on any atom is 0.224 e. The van der Waals surface area contributed by atoms with Crippen molar-refractivity contribution in [2.24, 2.45) is 16.3 Å². The van der Waals surface area contributed by atoms with Crippen LogP contribution >= 0.6 is 24.0 Å². The Labute approximate surface area is 175 Å². The minimum absolute atomic E-state index is 0. The van der Waals surface area contributed by atoms with Crippen LogP contribution in [0.15, 0.2) is 4.99 Å². The zero-order valence-corrected chi connectivity index (χ0v) is 18.7. The average Bonchev–Trinajstić information content (AvgIpc) is 3.24. The molecule has 1 N–H and O–H groups in total. The fraction of sp³-hybridized carbons (Fsp3) is 0.895. The molecule has 0 aromatic heterocycles. The predicted octanol–water partition coefficient (Wildman–Crippen LogP) is 2.33. The highest BCUT2D eigenvalue weighted by Crippen LogP contribution is 2.38. The Morgan fingerprint density at radius 1 is 1.31 bits per heavy atom. The van der Waals surface area contributed by atoms with E-state index in [4.69, 9.17) is 9.73 Å². The molecule has 0 aliphatic carbocycles. The van der Waals surface area contributed by atoms with Crippen LogP contribution in [0.2, 0.25) is 0 Å². The van der Waals surface area contributed by atoms with Gasteiger partial charge in [-0.2, -0.15) is 0 Å². The van der Waals surface area contributed by atoms with Gasteiger partial charge in [0.25, 0.3) is 0 Å². The van der Waals surface area contributed by atoms with Crippen LogP contribution < -0.4 is 5.32 Å². The second-order valence-electron chi connectivity index (χ2n) is 8.05. The molecular formula is C19H35IN4O2. The Hall–Kier alpha value is -0.570. The average molecular weight is 478 g/mol. The SMILES string of the molecule is CCNC(=NCCC(=O)N1CCCC(C)C1)N1CCC2(CCOC2)C1.I. The maximum atomic E-state index is 12.4. The molecule has 3 fully saturated rings. The molecule has 1 amide bonds. The zero-order chi connectivity index (χ0) is 17.7. The van der Waals surface area contributed by atoms with Gasteiger partial charge in [-0.1, -0.05) is 6.92 Å². The van der Waals surface area contributed by atoms with Gasteiger partial charge in [0.05, 0.1) is 13.2 Å². The molecule has 3 heterocycles. The van der Waals surface area contributed by atoms with Crippen LogP contribution in [0.4, 0.5) is 0 Å². The molecule has 2 unspecified atom stereocenters. The van der Waals surface area contributed by atoms with E-state index in [2.05, 4.69) is 24.1 Å². The van der Waals surface area contributed by atoms with Gasteiger partial charge in [-0.3, -0.25) is 9.79 Å². The topological polar surface area (TPSA) is 57.2 Å². The number of nitrogens with one attached hydrogen (secondary N) is 1. The van der Waals surface area contributed by atoms with E-state index in [0.29, 0.717) is 24.3 Å². The molecule has 3 aliphatic rings. The number of amides is 1. The van der Waals surface area contributed by atoms with Crippen molar-refractivity contribution >= 4 is 35.8 Å². The number of aliphatic imine (C=N–C) groups is 1. The highest BCUT2D eigenvalue weighted by molar-refractivity contribution is 14.0. The van der Waals surface area contributed by atoms with Gasteiger partial charge in [-0.15, -0.1) is 24.0 Å². The lowest BCUT2D eigenvalue weighted by Crippen LogP contribution is -2.42. The maximum absolute atomic E-state index is 12.4. The second-order valence-corrected chi connectivity index (χ2v) is 8.05. The molecule has 1 spiro atoms.